The Balaban J connectivity index is 1.30. The number of halogens is 1. The summed E-state index contributed by atoms with van der Waals surface area (Å²) in [6.45, 7) is 6.40. The Hall–Kier alpha value is -3.80. The summed E-state index contributed by atoms with van der Waals surface area (Å²) in [5.74, 6) is -2.24. The van der Waals surface area contributed by atoms with Gasteiger partial charge in [0.1, 0.15) is 17.9 Å². The fraction of sp³-hybridized carbons (Fsp3) is 0.639. The average molecular weight is 667 g/mol. The largest absolute Gasteiger partial charge is 0.393 e. The number of nitrogens with one attached hydrogen (secondary N) is 3. The number of aliphatic hydroxyl groups excluding tert-OH is 1. The van der Waals surface area contributed by atoms with Gasteiger partial charge in [0.25, 0.3) is 5.91 Å². The molecule has 3 atom stereocenters. The Kier molecular flexibility index (Phi) is 11.9. The third kappa shape index (κ3) is 8.61. The van der Waals surface area contributed by atoms with Crippen molar-refractivity contribution < 1.29 is 28.7 Å². The Morgan fingerprint density at radius 1 is 1.00 bits per heavy atom. The lowest BCUT2D eigenvalue weighted by Gasteiger charge is -2.35. The molecule has 2 aromatic rings. The maximum Gasteiger partial charge on any atom is 0.255 e. The van der Waals surface area contributed by atoms with Crippen molar-refractivity contribution in [1.29, 1.82) is 0 Å². The SMILES string of the molecule is CCC(=O)N[C@@H](C(=O)N1CCC(O)CC1)[C@@H](C)c1ccc(NC(=O)[C@@H](NC(=O)c2cnn(C3CCCC3)c2)[C@H]2CC[C@H](C)CC2)c(F)c1. The van der Waals surface area contributed by atoms with Gasteiger partial charge in [-0.2, -0.15) is 5.10 Å². The molecule has 2 saturated carbocycles. The molecule has 2 heterocycles. The van der Waals surface area contributed by atoms with Gasteiger partial charge in [0, 0.05) is 31.6 Å². The van der Waals surface area contributed by atoms with Crippen molar-refractivity contribution in [2.75, 3.05) is 18.4 Å². The molecule has 2 aliphatic carbocycles. The molecule has 0 bridgehead atoms. The van der Waals surface area contributed by atoms with Gasteiger partial charge in [0.2, 0.25) is 17.7 Å². The zero-order chi connectivity index (χ0) is 34.4. The van der Waals surface area contributed by atoms with Crippen LogP contribution in [0.5, 0.6) is 0 Å². The second kappa shape index (κ2) is 16.1. The van der Waals surface area contributed by atoms with Gasteiger partial charge in [-0.1, -0.05) is 52.5 Å². The summed E-state index contributed by atoms with van der Waals surface area (Å²) < 4.78 is 17.5. The molecular weight excluding hydrogens is 615 g/mol. The molecule has 3 fully saturated rings. The molecule has 3 aliphatic rings. The first-order valence-corrected chi connectivity index (χ1v) is 17.8. The maximum absolute atomic E-state index is 15.7. The molecule has 48 heavy (non-hydrogen) atoms. The molecular formula is C36H51FN6O5. The Bertz CT molecular complexity index is 1440. The fourth-order valence-corrected chi connectivity index (χ4v) is 7.34. The number of amides is 4. The number of piperidine rings is 1. The van der Waals surface area contributed by atoms with Crippen LogP contribution in [0.3, 0.4) is 0 Å². The van der Waals surface area contributed by atoms with Crippen molar-refractivity contribution in [3.8, 4) is 0 Å². The minimum absolute atomic E-state index is 0.0288. The predicted molar refractivity (Wildman–Crippen MR) is 180 cm³/mol. The zero-order valence-corrected chi connectivity index (χ0v) is 28.4. The number of hydrogen-bond acceptors (Lipinski definition) is 6. The van der Waals surface area contributed by atoms with Crippen LogP contribution in [-0.4, -0.2) is 74.7 Å². The minimum atomic E-state index is -0.918. The van der Waals surface area contributed by atoms with Gasteiger partial charge in [0.15, 0.2) is 0 Å². The molecule has 12 heteroatoms. The zero-order valence-electron chi connectivity index (χ0n) is 28.4. The van der Waals surface area contributed by atoms with E-state index in [0.717, 1.165) is 51.4 Å². The van der Waals surface area contributed by atoms with Gasteiger partial charge in [0.05, 0.1) is 29.6 Å². The van der Waals surface area contributed by atoms with Crippen molar-refractivity contribution >= 4 is 29.3 Å². The first kappa shape index (κ1) is 35.5. The normalized spacial score (nSPS) is 22.5. The minimum Gasteiger partial charge on any atom is -0.393 e. The summed E-state index contributed by atoms with van der Waals surface area (Å²) in [7, 11) is 0. The lowest BCUT2D eigenvalue weighted by atomic mass is 9.79. The van der Waals surface area contributed by atoms with Crippen LogP contribution < -0.4 is 16.0 Å². The van der Waals surface area contributed by atoms with Crippen LogP contribution >= 0.6 is 0 Å². The number of anilines is 1. The predicted octanol–water partition coefficient (Wildman–Crippen LogP) is 4.68. The van der Waals surface area contributed by atoms with E-state index in [1.807, 2.05) is 4.68 Å². The van der Waals surface area contributed by atoms with Crippen molar-refractivity contribution in [2.45, 2.75) is 122 Å². The van der Waals surface area contributed by atoms with E-state index in [-0.39, 0.29) is 41.8 Å². The number of carbonyl (C=O) groups excluding carboxylic acids is 4. The molecule has 1 aliphatic heterocycles. The fourth-order valence-electron chi connectivity index (χ4n) is 7.34. The summed E-state index contributed by atoms with van der Waals surface area (Å²) in [6, 6.07) is 2.91. The van der Waals surface area contributed by atoms with Crippen LogP contribution in [0, 0.1) is 17.7 Å². The van der Waals surface area contributed by atoms with Crippen LogP contribution in [0.15, 0.2) is 30.6 Å². The number of likely N-dealkylation sites (tertiary alicyclic amines) is 1. The number of benzene rings is 1. The number of hydrogen-bond donors (Lipinski definition) is 4. The highest BCUT2D eigenvalue weighted by atomic mass is 19.1. The van der Waals surface area contributed by atoms with Gasteiger partial charge in [-0.3, -0.25) is 23.9 Å². The van der Waals surface area contributed by atoms with Gasteiger partial charge in [-0.15, -0.1) is 0 Å². The smallest absolute Gasteiger partial charge is 0.255 e. The van der Waals surface area contributed by atoms with E-state index in [4.69, 9.17) is 0 Å². The van der Waals surface area contributed by atoms with Gasteiger partial charge in [-0.25, -0.2) is 4.39 Å². The number of aliphatic hydroxyl groups is 1. The monoisotopic (exact) mass is 666 g/mol. The summed E-state index contributed by atoms with van der Waals surface area (Å²) in [5, 5.41) is 22.8. The van der Waals surface area contributed by atoms with Gasteiger partial charge in [-0.05, 0) is 68.1 Å². The lowest BCUT2D eigenvalue weighted by molar-refractivity contribution is -0.138. The van der Waals surface area contributed by atoms with Gasteiger partial charge < -0.3 is 26.0 Å². The molecule has 262 valence electrons. The number of aromatic nitrogens is 2. The van der Waals surface area contributed by atoms with Crippen molar-refractivity contribution in [1.82, 2.24) is 25.3 Å². The van der Waals surface area contributed by atoms with E-state index < -0.39 is 35.8 Å². The molecule has 4 N–H and O–H groups in total. The quantitative estimate of drug-likeness (QED) is 0.274. The van der Waals surface area contributed by atoms with Crippen LogP contribution in [0.4, 0.5) is 10.1 Å². The highest BCUT2D eigenvalue weighted by Crippen LogP contribution is 2.33. The summed E-state index contributed by atoms with van der Waals surface area (Å²) in [5.41, 5.74) is 0.856. The molecule has 11 nitrogen and oxygen atoms in total. The van der Waals surface area contributed by atoms with E-state index in [1.54, 1.807) is 37.2 Å². The molecule has 1 saturated heterocycles. The maximum atomic E-state index is 15.7. The summed E-state index contributed by atoms with van der Waals surface area (Å²) >= 11 is 0. The van der Waals surface area contributed by atoms with Crippen LogP contribution in [0.2, 0.25) is 0 Å². The molecule has 1 aromatic heterocycles. The van der Waals surface area contributed by atoms with Crippen molar-refractivity contribution in [2.24, 2.45) is 11.8 Å². The van der Waals surface area contributed by atoms with E-state index in [0.29, 0.717) is 43.0 Å². The van der Waals surface area contributed by atoms with Gasteiger partial charge >= 0.3 is 0 Å². The Morgan fingerprint density at radius 3 is 2.33 bits per heavy atom. The first-order chi connectivity index (χ1) is 23.0. The molecule has 5 rings (SSSR count). The van der Waals surface area contributed by atoms with Crippen LogP contribution in [0.1, 0.15) is 119 Å². The highest BCUT2D eigenvalue weighted by Gasteiger charge is 2.35. The number of carbonyl (C=O) groups is 4. The van der Waals surface area contributed by atoms with Crippen molar-refractivity contribution in [3.63, 3.8) is 0 Å². The number of nitrogens with zero attached hydrogens (tertiary/aromatic N) is 3. The third-order valence-electron chi connectivity index (χ3n) is 10.6. The Morgan fingerprint density at radius 2 is 1.69 bits per heavy atom. The Labute approximate surface area is 282 Å². The van der Waals surface area contributed by atoms with Crippen molar-refractivity contribution in [3.05, 3.63) is 47.5 Å². The molecule has 0 spiro atoms. The van der Waals surface area contributed by atoms with E-state index in [1.165, 1.54) is 12.1 Å². The highest BCUT2D eigenvalue weighted by molar-refractivity contribution is 6.01. The summed E-state index contributed by atoms with van der Waals surface area (Å²) in [4.78, 5) is 54.7. The van der Waals surface area contributed by atoms with E-state index >= 15 is 4.39 Å². The molecule has 0 radical (unpaired) electrons. The second-order valence-electron chi connectivity index (χ2n) is 14.1. The molecule has 1 aromatic carbocycles. The standard InChI is InChI=1S/C36H51FN6O5/c1-4-31(45)40-32(36(48)42-17-15-28(44)16-18-42)23(3)25-13-14-30(29(37)19-25)39-35(47)33(24-11-9-22(2)10-12-24)41-34(46)26-20-38-43(21-26)27-7-5-6-8-27/h13-14,19-24,27-28,32-33,44H,4-12,15-18H2,1-3H3,(H,39,47)(H,40,45)(H,41,46)/t22-,23-,24-,32+,33-/m0/s1. The van der Waals surface area contributed by atoms with E-state index in [2.05, 4.69) is 28.0 Å². The average Bonchev–Trinajstić information content (AvgIpc) is 3.80. The second-order valence-corrected chi connectivity index (χ2v) is 14.1. The lowest BCUT2D eigenvalue weighted by Crippen LogP contribution is -2.53. The van der Waals surface area contributed by atoms with Crippen LogP contribution in [0.25, 0.3) is 0 Å². The third-order valence-corrected chi connectivity index (χ3v) is 10.6. The summed E-state index contributed by atoms with van der Waals surface area (Å²) in [6.07, 6.45) is 11.7. The molecule has 0 unspecified atom stereocenters. The van der Waals surface area contributed by atoms with Crippen LogP contribution in [-0.2, 0) is 14.4 Å². The first-order valence-electron chi connectivity index (χ1n) is 17.8. The number of rotatable bonds is 11. The van der Waals surface area contributed by atoms with E-state index in [9.17, 15) is 24.3 Å². The topological polar surface area (TPSA) is 146 Å². The molecule has 4 amide bonds.